The third-order valence-corrected chi connectivity index (χ3v) is 5.83. The van der Waals surface area contributed by atoms with E-state index < -0.39 is 5.97 Å². The van der Waals surface area contributed by atoms with Crippen LogP contribution in [0.5, 0.6) is 0 Å². The average molecular weight is 334 g/mol. The van der Waals surface area contributed by atoms with E-state index in [2.05, 4.69) is 22.4 Å². The Morgan fingerprint density at radius 1 is 1.28 bits per heavy atom. The summed E-state index contributed by atoms with van der Waals surface area (Å²) in [6, 6.07) is 7.07. The van der Waals surface area contributed by atoms with Crippen LogP contribution in [0.25, 0.3) is 10.9 Å². The van der Waals surface area contributed by atoms with Crippen LogP contribution in [0.15, 0.2) is 18.2 Å². The standard InChI is InChI=1S/C18H24N4O2.Li/c1-21-12-6-7-13(21)9-11(8-12)19-10-15-17-14(18(23)24)4-3-5-16(17)22(2)20-15;/h3-5,11-13,19H,6-10H2,1-2H3,(H,23,24);/q;+1/p-1. The molecule has 2 aliphatic rings. The first-order valence-corrected chi connectivity index (χ1v) is 8.66. The number of fused-ring (bicyclic) bond motifs is 3. The number of nitrogens with one attached hydrogen (secondary N) is 1. The number of hydrogen-bond donors (Lipinski definition) is 1. The normalized spacial score (nSPS) is 25.9. The van der Waals surface area contributed by atoms with E-state index >= 15 is 0 Å². The van der Waals surface area contributed by atoms with Crippen LogP contribution < -0.4 is 29.3 Å². The van der Waals surface area contributed by atoms with Crippen molar-refractivity contribution in [1.29, 1.82) is 0 Å². The van der Waals surface area contributed by atoms with Crippen molar-refractivity contribution in [2.45, 2.75) is 50.4 Å². The quantitative estimate of drug-likeness (QED) is 0.634. The van der Waals surface area contributed by atoms with E-state index in [1.165, 1.54) is 12.8 Å². The summed E-state index contributed by atoms with van der Waals surface area (Å²) in [7, 11) is 4.08. The summed E-state index contributed by atoms with van der Waals surface area (Å²) >= 11 is 0. The Kier molecular flexibility index (Phi) is 5.26. The molecule has 1 N–H and O–H groups in total. The molecule has 1 aromatic heterocycles. The molecular formula is C18H23LiN4O2. The van der Waals surface area contributed by atoms with Gasteiger partial charge in [-0.15, -0.1) is 0 Å². The number of benzene rings is 1. The number of carbonyl (C=O) groups is 1. The average Bonchev–Trinajstić information content (AvgIpc) is 2.97. The maximum absolute atomic E-state index is 11.4. The molecule has 0 saturated carbocycles. The Morgan fingerprint density at radius 3 is 2.60 bits per heavy atom. The Morgan fingerprint density at radius 2 is 1.96 bits per heavy atom. The molecule has 4 rings (SSSR count). The van der Waals surface area contributed by atoms with Gasteiger partial charge in [0.25, 0.3) is 0 Å². The van der Waals surface area contributed by atoms with Gasteiger partial charge >= 0.3 is 18.9 Å². The molecule has 0 radical (unpaired) electrons. The molecule has 2 fully saturated rings. The van der Waals surface area contributed by atoms with Crippen molar-refractivity contribution in [3.05, 3.63) is 29.5 Å². The fourth-order valence-corrected chi connectivity index (χ4v) is 4.51. The van der Waals surface area contributed by atoms with Crippen LogP contribution in [-0.2, 0) is 13.6 Å². The Hall–Kier alpha value is -1.32. The number of hydrogen-bond acceptors (Lipinski definition) is 5. The first-order valence-electron chi connectivity index (χ1n) is 8.66. The maximum atomic E-state index is 11.4. The molecule has 2 aliphatic heterocycles. The fourth-order valence-electron chi connectivity index (χ4n) is 4.51. The molecule has 2 saturated heterocycles. The molecule has 7 heteroatoms. The Balaban J connectivity index is 0.00000182. The first kappa shape index (κ1) is 18.5. The van der Waals surface area contributed by atoms with Gasteiger partial charge in [-0.25, -0.2) is 0 Å². The molecule has 25 heavy (non-hydrogen) atoms. The van der Waals surface area contributed by atoms with Gasteiger partial charge < -0.3 is 20.1 Å². The molecule has 128 valence electrons. The second-order valence-electron chi connectivity index (χ2n) is 7.16. The van der Waals surface area contributed by atoms with Gasteiger partial charge in [-0.3, -0.25) is 4.68 Å². The number of rotatable bonds is 4. The van der Waals surface area contributed by atoms with Gasteiger partial charge in [0.05, 0.1) is 17.2 Å². The second kappa shape index (κ2) is 7.12. The van der Waals surface area contributed by atoms with Crippen molar-refractivity contribution in [1.82, 2.24) is 20.0 Å². The Bertz CT molecular complexity index is 777. The van der Waals surface area contributed by atoms with E-state index in [1.807, 2.05) is 13.1 Å². The third-order valence-electron chi connectivity index (χ3n) is 5.83. The van der Waals surface area contributed by atoms with Crippen LogP contribution in [0.3, 0.4) is 0 Å². The monoisotopic (exact) mass is 334 g/mol. The van der Waals surface area contributed by atoms with E-state index in [0.717, 1.165) is 24.1 Å². The van der Waals surface area contributed by atoms with Crippen molar-refractivity contribution in [3.63, 3.8) is 0 Å². The molecular weight excluding hydrogens is 311 g/mol. The van der Waals surface area contributed by atoms with Gasteiger partial charge in [-0.1, -0.05) is 12.1 Å². The van der Waals surface area contributed by atoms with Crippen LogP contribution in [-0.4, -0.2) is 45.8 Å². The largest absolute Gasteiger partial charge is 1.00 e. The van der Waals surface area contributed by atoms with E-state index in [1.54, 1.807) is 16.8 Å². The number of piperidine rings is 1. The van der Waals surface area contributed by atoms with E-state index in [4.69, 9.17) is 0 Å². The van der Waals surface area contributed by atoms with Gasteiger partial charge in [-0.05, 0) is 38.8 Å². The zero-order valence-corrected chi connectivity index (χ0v) is 15.2. The Labute approximate surface area is 159 Å². The maximum Gasteiger partial charge on any atom is 1.00 e. The summed E-state index contributed by atoms with van der Waals surface area (Å²) in [5.41, 5.74) is 1.84. The summed E-state index contributed by atoms with van der Waals surface area (Å²) in [4.78, 5) is 14.0. The minimum Gasteiger partial charge on any atom is -0.545 e. The van der Waals surface area contributed by atoms with E-state index in [0.29, 0.717) is 30.1 Å². The third kappa shape index (κ3) is 3.24. The van der Waals surface area contributed by atoms with Crippen LogP contribution in [0.2, 0.25) is 0 Å². The van der Waals surface area contributed by atoms with Gasteiger partial charge in [0.1, 0.15) is 0 Å². The van der Waals surface area contributed by atoms with Crippen molar-refractivity contribution in [2.75, 3.05) is 7.05 Å². The smallest absolute Gasteiger partial charge is 0.545 e. The molecule has 0 amide bonds. The first-order chi connectivity index (χ1) is 11.5. The zero-order chi connectivity index (χ0) is 16.8. The number of aromatic nitrogens is 2. The number of aryl methyl sites for hydroxylation is 1. The molecule has 2 atom stereocenters. The summed E-state index contributed by atoms with van der Waals surface area (Å²) in [6.07, 6.45) is 4.90. The molecule has 2 aromatic rings. The van der Waals surface area contributed by atoms with Crippen LogP contribution in [0.1, 0.15) is 41.7 Å². The number of aromatic carboxylic acids is 1. The number of carboxylic acids is 1. The van der Waals surface area contributed by atoms with Crippen molar-refractivity contribution >= 4 is 16.9 Å². The summed E-state index contributed by atoms with van der Waals surface area (Å²) in [5.74, 6) is -1.15. The van der Waals surface area contributed by atoms with Crippen LogP contribution >= 0.6 is 0 Å². The molecule has 2 bridgehead atoms. The SMILES string of the molecule is CN1C2CCC1CC(NCc1nn(C)c3cccc(C(=O)[O-])c13)C2.[Li+]. The molecule has 6 nitrogen and oxygen atoms in total. The second-order valence-corrected chi connectivity index (χ2v) is 7.16. The fraction of sp³-hybridized carbons (Fsp3) is 0.556. The number of nitrogens with zero attached hydrogens (tertiary/aromatic N) is 3. The zero-order valence-electron chi connectivity index (χ0n) is 15.2. The topological polar surface area (TPSA) is 73.2 Å². The van der Waals surface area contributed by atoms with Gasteiger partial charge in [0.15, 0.2) is 0 Å². The minimum absolute atomic E-state index is 0. The molecule has 0 spiro atoms. The van der Waals surface area contributed by atoms with E-state index in [9.17, 15) is 9.90 Å². The molecule has 2 unspecified atom stereocenters. The van der Waals surface area contributed by atoms with Gasteiger partial charge in [0, 0.05) is 42.7 Å². The van der Waals surface area contributed by atoms with Crippen LogP contribution in [0, 0.1) is 0 Å². The van der Waals surface area contributed by atoms with Gasteiger partial charge in [-0.2, -0.15) is 5.10 Å². The molecule has 1 aromatic carbocycles. The number of carboxylic acid groups (broad SMARTS) is 1. The predicted octanol–water partition coefficient (Wildman–Crippen LogP) is -2.34. The minimum atomic E-state index is -1.15. The molecule has 0 aliphatic carbocycles. The summed E-state index contributed by atoms with van der Waals surface area (Å²) < 4.78 is 1.75. The van der Waals surface area contributed by atoms with Crippen molar-refractivity contribution < 1.29 is 28.8 Å². The van der Waals surface area contributed by atoms with E-state index in [-0.39, 0.29) is 24.4 Å². The number of carbonyl (C=O) groups excluding carboxylic acids is 1. The van der Waals surface area contributed by atoms with Crippen molar-refractivity contribution in [3.8, 4) is 0 Å². The summed E-state index contributed by atoms with van der Waals surface area (Å²) in [6.45, 7) is 0.593. The van der Waals surface area contributed by atoms with Crippen LogP contribution in [0.4, 0.5) is 0 Å². The summed E-state index contributed by atoms with van der Waals surface area (Å²) in [5, 5.41) is 20.3. The molecule has 3 heterocycles. The predicted molar refractivity (Wildman–Crippen MR) is 89.5 cm³/mol. The van der Waals surface area contributed by atoms with Crippen molar-refractivity contribution in [2.24, 2.45) is 7.05 Å². The van der Waals surface area contributed by atoms with Gasteiger partial charge in [0.2, 0.25) is 0 Å².